The van der Waals surface area contributed by atoms with Gasteiger partial charge in [-0.05, 0) is 0 Å². The standard InChI is InChI=1S/C13H14BrN3O7S/c14-2-6(18)1-7(19)16-8-10(20)17-9(12(21)22)5(3-24-13(15)23)4-25-11(8)17/h8,11H,1-4H2,(H2,15,23)(H,16,19)(H,21,22)/t8?,11-/m0/s1. The summed E-state index contributed by atoms with van der Waals surface area (Å²) in [6, 6.07) is -0.909. The summed E-state index contributed by atoms with van der Waals surface area (Å²) < 4.78 is 4.61. The largest absolute Gasteiger partial charge is 0.477 e. The number of alkyl halides is 1. The highest BCUT2D eigenvalue weighted by Crippen LogP contribution is 2.40. The normalized spacial score (nSPS) is 22.0. The van der Waals surface area contributed by atoms with E-state index in [1.807, 2.05) is 0 Å². The van der Waals surface area contributed by atoms with Gasteiger partial charge in [-0.1, -0.05) is 15.9 Å². The number of carbonyl (C=O) groups excluding carboxylic acids is 4. The summed E-state index contributed by atoms with van der Waals surface area (Å²) in [5.41, 5.74) is 4.82. The first-order valence-corrected chi connectivity index (χ1v) is 9.12. The van der Waals surface area contributed by atoms with Crippen molar-refractivity contribution in [2.75, 3.05) is 17.7 Å². The average molecular weight is 436 g/mol. The number of carboxylic acid groups (broad SMARTS) is 1. The lowest BCUT2D eigenvalue weighted by Gasteiger charge is -2.49. The Balaban J connectivity index is 2.10. The second-order valence-electron chi connectivity index (χ2n) is 5.17. The lowest BCUT2D eigenvalue weighted by atomic mass is 10.0. The van der Waals surface area contributed by atoms with Crippen LogP contribution < -0.4 is 11.1 Å². The van der Waals surface area contributed by atoms with Crippen molar-refractivity contribution in [2.45, 2.75) is 17.8 Å². The number of carbonyl (C=O) groups is 5. The zero-order chi connectivity index (χ0) is 18.7. The molecule has 2 rings (SSSR count). The number of hydrogen-bond donors (Lipinski definition) is 3. The van der Waals surface area contributed by atoms with Crippen molar-refractivity contribution in [2.24, 2.45) is 5.73 Å². The van der Waals surface area contributed by atoms with Crippen molar-refractivity contribution in [3.8, 4) is 0 Å². The number of fused-ring (bicyclic) bond motifs is 1. The third kappa shape index (κ3) is 4.12. The van der Waals surface area contributed by atoms with Crippen LogP contribution >= 0.6 is 27.7 Å². The molecule has 0 aromatic carbocycles. The van der Waals surface area contributed by atoms with Crippen molar-refractivity contribution >= 4 is 57.4 Å². The van der Waals surface area contributed by atoms with Gasteiger partial charge in [0.2, 0.25) is 5.91 Å². The van der Waals surface area contributed by atoms with E-state index in [2.05, 4.69) is 26.0 Å². The van der Waals surface area contributed by atoms with Gasteiger partial charge in [-0.2, -0.15) is 0 Å². The molecule has 0 saturated carbocycles. The SMILES string of the molecule is NC(=O)OCC1=C(C(=O)O)N2C(=O)C(NC(=O)CC(=O)CBr)[C@@H]2SC1. The van der Waals surface area contributed by atoms with Crippen LogP contribution in [0.15, 0.2) is 11.3 Å². The number of nitrogens with zero attached hydrogens (tertiary/aromatic N) is 1. The van der Waals surface area contributed by atoms with E-state index in [0.29, 0.717) is 0 Å². The number of rotatable bonds is 7. The minimum absolute atomic E-state index is 0.0262. The molecule has 4 N–H and O–H groups in total. The summed E-state index contributed by atoms with van der Waals surface area (Å²) in [4.78, 5) is 58.5. The minimum atomic E-state index is -1.35. The topological polar surface area (TPSA) is 156 Å². The maximum Gasteiger partial charge on any atom is 0.404 e. The zero-order valence-corrected chi connectivity index (χ0v) is 15.1. The van der Waals surface area contributed by atoms with Crippen molar-refractivity contribution < 1.29 is 33.8 Å². The molecule has 0 spiro atoms. The highest BCUT2D eigenvalue weighted by Gasteiger charge is 2.54. The molecule has 10 nitrogen and oxygen atoms in total. The molecule has 0 radical (unpaired) electrons. The highest BCUT2D eigenvalue weighted by atomic mass is 79.9. The van der Waals surface area contributed by atoms with Crippen LogP contribution in [0.4, 0.5) is 4.79 Å². The maximum absolute atomic E-state index is 12.3. The number of carboxylic acids is 1. The van der Waals surface area contributed by atoms with Gasteiger partial charge in [0.15, 0.2) is 5.78 Å². The fourth-order valence-corrected chi connectivity index (χ4v) is 3.93. The molecule has 0 aliphatic carbocycles. The fraction of sp³-hybridized carbons (Fsp3) is 0.462. The van der Waals surface area contributed by atoms with E-state index in [-0.39, 0.29) is 41.2 Å². The lowest BCUT2D eigenvalue weighted by Crippen LogP contribution is -2.70. The fourth-order valence-electron chi connectivity index (χ4n) is 2.40. The molecule has 2 heterocycles. The third-order valence-electron chi connectivity index (χ3n) is 3.46. The van der Waals surface area contributed by atoms with Gasteiger partial charge in [-0.25, -0.2) is 9.59 Å². The number of thioether (sulfide) groups is 1. The number of ketones is 1. The van der Waals surface area contributed by atoms with Gasteiger partial charge < -0.3 is 20.9 Å². The Morgan fingerprint density at radius 2 is 2.08 bits per heavy atom. The van der Waals surface area contributed by atoms with Crippen molar-refractivity contribution in [1.29, 1.82) is 0 Å². The number of primary amides is 1. The smallest absolute Gasteiger partial charge is 0.404 e. The molecule has 12 heteroatoms. The first-order valence-electron chi connectivity index (χ1n) is 6.95. The monoisotopic (exact) mass is 435 g/mol. The number of nitrogens with two attached hydrogens (primary N) is 1. The van der Waals surface area contributed by atoms with Crippen LogP contribution in [0.1, 0.15) is 6.42 Å². The number of β-lactam (4-membered cyclic amide) rings is 1. The third-order valence-corrected chi connectivity index (χ3v) is 5.43. The van der Waals surface area contributed by atoms with Crippen LogP contribution in [-0.4, -0.2) is 68.8 Å². The van der Waals surface area contributed by atoms with Crippen molar-refractivity contribution in [3.05, 3.63) is 11.3 Å². The second-order valence-corrected chi connectivity index (χ2v) is 6.83. The molecule has 0 bridgehead atoms. The Morgan fingerprint density at radius 1 is 1.40 bits per heavy atom. The molecular formula is C13H14BrN3O7S. The Bertz CT molecular complexity index is 681. The van der Waals surface area contributed by atoms with Gasteiger partial charge in [0.1, 0.15) is 23.7 Å². The second kappa shape index (κ2) is 7.87. The Kier molecular flexibility index (Phi) is 6.06. The van der Waals surface area contributed by atoms with E-state index in [1.54, 1.807) is 0 Å². The average Bonchev–Trinajstić information content (AvgIpc) is 2.56. The Labute approximate surface area is 154 Å². The van der Waals surface area contributed by atoms with Crippen LogP contribution in [-0.2, 0) is 23.9 Å². The lowest BCUT2D eigenvalue weighted by molar-refractivity contribution is -0.151. The van der Waals surface area contributed by atoms with Gasteiger partial charge >= 0.3 is 12.1 Å². The predicted molar refractivity (Wildman–Crippen MR) is 88.6 cm³/mol. The van der Waals surface area contributed by atoms with Crippen molar-refractivity contribution in [1.82, 2.24) is 10.2 Å². The van der Waals surface area contributed by atoms with E-state index >= 15 is 0 Å². The number of ether oxygens (including phenoxy) is 1. The molecular weight excluding hydrogens is 422 g/mol. The van der Waals surface area contributed by atoms with E-state index < -0.39 is 35.3 Å². The first-order chi connectivity index (χ1) is 11.8. The quantitative estimate of drug-likeness (QED) is 0.265. The molecule has 1 fully saturated rings. The highest BCUT2D eigenvalue weighted by molar-refractivity contribution is 9.09. The van der Waals surface area contributed by atoms with Gasteiger partial charge in [0.25, 0.3) is 5.91 Å². The van der Waals surface area contributed by atoms with E-state index in [0.717, 1.165) is 4.90 Å². The molecule has 1 saturated heterocycles. The van der Waals surface area contributed by atoms with Crippen LogP contribution in [0.5, 0.6) is 0 Å². The summed E-state index contributed by atoms with van der Waals surface area (Å²) in [5, 5.41) is 11.2. The molecule has 3 amide bonds. The number of nitrogens with one attached hydrogen (secondary N) is 1. The van der Waals surface area contributed by atoms with Crippen LogP contribution in [0.25, 0.3) is 0 Å². The molecule has 136 valence electrons. The van der Waals surface area contributed by atoms with Crippen LogP contribution in [0.3, 0.4) is 0 Å². The number of halogens is 1. The number of aliphatic carboxylic acids is 1. The molecule has 1 unspecified atom stereocenters. The maximum atomic E-state index is 12.3. The number of hydrogen-bond acceptors (Lipinski definition) is 7. The van der Waals surface area contributed by atoms with Gasteiger partial charge in [-0.15, -0.1) is 11.8 Å². The molecule has 0 aromatic rings. The van der Waals surface area contributed by atoms with Gasteiger partial charge in [-0.3, -0.25) is 19.3 Å². The number of amides is 3. The molecule has 2 aliphatic heterocycles. The molecule has 0 aromatic heterocycles. The Hall–Kier alpha value is -2.08. The molecule has 25 heavy (non-hydrogen) atoms. The van der Waals surface area contributed by atoms with Crippen LogP contribution in [0, 0.1) is 0 Å². The first kappa shape index (κ1) is 19.2. The van der Waals surface area contributed by atoms with E-state index in [1.165, 1.54) is 11.8 Å². The predicted octanol–water partition coefficient (Wildman–Crippen LogP) is -0.826. The summed E-state index contributed by atoms with van der Waals surface area (Å²) in [5.74, 6) is -2.70. The summed E-state index contributed by atoms with van der Waals surface area (Å²) >= 11 is 4.15. The van der Waals surface area contributed by atoms with Gasteiger partial charge in [0.05, 0.1) is 11.8 Å². The van der Waals surface area contributed by atoms with Crippen LogP contribution in [0.2, 0.25) is 0 Å². The summed E-state index contributed by atoms with van der Waals surface area (Å²) in [7, 11) is 0. The number of Topliss-reactive ketones (excluding diaryl/α,β-unsaturated/α-hetero) is 1. The summed E-state index contributed by atoms with van der Waals surface area (Å²) in [6.45, 7) is -0.336. The molecule has 2 atom stereocenters. The zero-order valence-electron chi connectivity index (χ0n) is 12.7. The summed E-state index contributed by atoms with van der Waals surface area (Å²) in [6.07, 6.45) is -1.42. The van der Waals surface area contributed by atoms with Gasteiger partial charge in [0, 0.05) is 11.3 Å². The minimum Gasteiger partial charge on any atom is -0.477 e. The van der Waals surface area contributed by atoms with E-state index in [9.17, 15) is 29.1 Å². The van der Waals surface area contributed by atoms with Crippen molar-refractivity contribution in [3.63, 3.8) is 0 Å². The molecule has 2 aliphatic rings. The van der Waals surface area contributed by atoms with E-state index in [4.69, 9.17) is 5.73 Å². The Morgan fingerprint density at radius 3 is 2.64 bits per heavy atom.